The normalized spacial score (nSPS) is 10.1. The van der Waals surface area contributed by atoms with Crippen molar-refractivity contribution in [3.05, 3.63) is 59.7 Å². The average molecular weight is 247 g/mol. The number of rotatable bonds is 4. The van der Waals surface area contributed by atoms with E-state index in [1.54, 1.807) is 12.1 Å². The Balaban J connectivity index is 2.10. The monoisotopic (exact) mass is 247 g/mol. The van der Waals surface area contributed by atoms with Crippen LogP contribution in [-0.2, 0) is 6.61 Å². The predicted octanol–water partition coefficient (Wildman–Crippen LogP) is 2.50. The van der Waals surface area contributed by atoms with Gasteiger partial charge in [-0.1, -0.05) is 12.1 Å². The maximum Gasteiger partial charge on any atom is 0.339 e. The highest BCUT2D eigenvalue weighted by Crippen LogP contribution is 2.17. The number of benzene rings is 1. The molecule has 18 heavy (non-hydrogen) atoms. The first-order chi connectivity index (χ1) is 8.66. The lowest BCUT2D eigenvalue weighted by Crippen LogP contribution is -2.03. The van der Waals surface area contributed by atoms with Gasteiger partial charge in [0, 0.05) is 6.20 Å². The second-order valence-corrected chi connectivity index (χ2v) is 3.59. The summed E-state index contributed by atoms with van der Waals surface area (Å²) < 4.78 is 18.0. The van der Waals surface area contributed by atoms with Gasteiger partial charge in [-0.25, -0.2) is 9.18 Å². The van der Waals surface area contributed by atoms with E-state index in [4.69, 9.17) is 9.84 Å². The van der Waals surface area contributed by atoms with Crippen molar-refractivity contribution in [1.29, 1.82) is 0 Å². The summed E-state index contributed by atoms with van der Waals surface area (Å²) in [6, 6.07) is 7.15. The Morgan fingerprint density at radius 1 is 1.28 bits per heavy atom. The Morgan fingerprint density at radius 2 is 2.00 bits per heavy atom. The second kappa shape index (κ2) is 5.27. The van der Waals surface area contributed by atoms with Crippen LogP contribution in [-0.4, -0.2) is 16.1 Å². The summed E-state index contributed by atoms with van der Waals surface area (Å²) >= 11 is 0. The van der Waals surface area contributed by atoms with E-state index in [1.807, 2.05) is 0 Å². The second-order valence-electron chi connectivity index (χ2n) is 3.59. The Morgan fingerprint density at radius 3 is 2.67 bits per heavy atom. The van der Waals surface area contributed by atoms with Gasteiger partial charge in [0.25, 0.3) is 0 Å². The number of pyridine rings is 1. The fourth-order valence-electron chi connectivity index (χ4n) is 1.41. The van der Waals surface area contributed by atoms with Crippen LogP contribution >= 0.6 is 0 Å². The predicted molar refractivity (Wildman–Crippen MR) is 61.9 cm³/mol. The van der Waals surface area contributed by atoms with Crippen LogP contribution in [0.3, 0.4) is 0 Å². The van der Waals surface area contributed by atoms with Gasteiger partial charge in [0.15, 0.2) is 5.75 Å². The molecule has 2 aromatic rings. The third-order valence-electron chi connectivity index (χ3n) is 2.32. The van der Waals surface area contributed by atoms with Crippen molar-refractivity contribution >= 4 is 5.97 Å². The minimum absolute atomic E-state index is 0.0483. The van der Waals surface area contributed by atoms with Crippen LogP contribution in [0.25, 0.3) is 0 Å². The lowest BCUT2D eigenvalue weighted by Gasteiger charge is -2.08. The van der Waals surface area contributed by atoms with E-state index < -0.39 is 5.97 Å². The Hall–Kier alpha value is -2.43. The van der Waals surface area contributed by atoms with Gasteiger partial charge in [0.2, 0.25) is 0 Å². The van der Waals surface area contributed by atoms with E-state index in [0.717, 1.165) is 5.56 Å². The molecule has 1 aromatic carbocycles. The van der Waals surface area contributed by atoms with E-state index in [9.17, 15) is 9.18 Å². The van der Waals surface area contributed by atoms with Crippen molar-refractivity contribution in [1.82, 2.24) is 4.98 Å². The number of hydrogen-bond donors (Lipinski definition) is 1. The van der Waals surface area contributed by atoms with Crippen molar-refractivity contribution in [3.63, 3.8) is 0 Å². The molecule has 0 atom stereocenters. The molecule has 0 saturated carbocycles. The van der Waals surface area contributed by atoms with Crippen LogP contribution < -0.4 is 4.74 Å². The summed E-state index contributed by atoms with van der Waals surface area (Å²) in [6.45, 7) is 0.159. The van der Waals surface area contributed by atoms with E-state index >= 15 is 0 Å². The molecule has 0 aliphatic carbocycles. The molecule has 0 aliphatic rings. The molecule has 4 nitrogen and oxygen atoms in total. The Kier molecular flexibility index (Phi) is 3.52. The van der Waals surface area contributed by atoms with Gasteiger partial charge in [0.1, 0.15) is 18.0 Å². The number of halogens is 1. The minimum atomic E-state index is -1.08. The molecule has 0 radical (unpaired) electrons. The summed E-state index contributed by atoms with van der Waals surface area (Å²) in [5.74, 6) is -1.22. The molecular formula is C13H10FNO3. The van der Waals surface area contributed by atoms with Gasteiger partial charge in [-0.3, -0.25) is 4.98 Å². The smallest absolute Gasteiger partial charge is 0.339 e. The molecule has 5 heteroatoms. The number of ether oxygens (including phenoxy) is 1. The fourth-order valence-corrected chi connectivity index (χ4v) is 1.41. The number of hydrogen-bond acceptors (Lipinski definition) is 3. The molecule has 0 amide bonds. The van der Waals surface area contributed by atoms with Crippen molar-refractivity contribution in [2.75, 3.05) is 0 Å². The number of carboxylic acid groups (broad SMARTS) is 1. The zero-order valence-electron chi connectivity index (χ0n) is 9.34. The molecule has 0 saturated heterocycles. The lowest BCUT2D eigenvalue weighted by atomic mass is 10.2. The highest BCUT2D eigenvalue weighted by molar-refractivity contribution is 5.90. The summed E-state index contributed by atoms with van der Waals surface area (Å²) in [7, 11) is 0. The first-order valence-corrected chi connectivity index (χ1v) is 5.21. The molecule has 92 valence electrons. The molecule has 1 aromatic heterocycles. The van der Waals surface area contributed by atoms with Crippen molar-refractivity contribution < 1.29 is 19.0 Å². The van der Waals surface area contributed by atoms with Crippen LogP contribution in [0.5, 0.6) is 5.75 Å². The van der Waals surface area contributed by atoms with Gasteiger partial charge >= 0.3 is 5.97 Å². The van der Waals surface area contributed by atoms with Gasteiger partial charge in [-0.05, 0) is 23.8 Å². The van der Waals surface area contributed by atoms with Crippen molar-refractivity contribution in [2.24, 2.45) is 0 Å². The molecule has 0 aliphatic heterocycles. The first-order valence-electron chi connectivity index (χ1n) is 5.21. The van der Waals surface area contributed by atoms with Crippen molar-refractivity contribution in [2.45, 2.75) is 6.61 Å². The SMILES string of the molecule is O=C(O)c1ccncc1OCc1ccc(F)cc1. The third-order valence-corrected chi connectivity index (χ3v) is 2.32. The molecule has 1 N–H and O–H groups in total. The summed E-state index contributed by atoms with van der Waals surface area (Å²) in [5, 5.41) is 8.94. The molecule has 0 bridgehead atoms. The maximum absolute atomic E-state index is 12.7. The summed E-state index contributed by atoms with van der Waals surface area (Å²) in [4.78, 5) is 14.7. The number of nitrogens with zero attached hydrogens (tertiary/aromatic N) is 1. The van der Waals surface area contributed by atoms with E-state index in [0.29, 0.717) is 0 Å². The topological polar surface area (TPSA) is 59.4 Å². The number of aromatic nitrogens is 1. The van der Waals surface area contributed by atoms with E-state index in [2.05, 4.69) is 4.98 Å². The van der Waals surface area contributed by atoms with Crippen LogP contribution in [0.15, 0.2) is 42.7 Å². The van der Waals surface area contributed by atoms with Gasteiger partial charge in [0.05, 0.1) is 6.20 Å². The van der Waals surface area contributed by atoms with E-state index in [-0.39, 0.29) is 23.7 Å². The summed E-state index contributed by atoms with van der Waals surface area (Å²) in [5.41, 5.74) is 0.795. The van der Waals surface area contributed by atoms with Crippen molar-refractivity contribution in [3.8, 4) is 5.75 Å². The lowest BCUT2D eigenvalue weighted by molar-refractivity contribution is 0.0691. The zero-order chi connectivity index (χ0) is 13.0. The minimum Gasteiger partial charge on any atom is -0.486 e. The molecule has 0 unspecified atom stereocenters. The molecular weight excluding hydrogens is 237 g/mol. The highest BCUT2D eigenvalue weighted by Gasteiger charge is 2.10. The third kappa shape index (κ3) is 2.82. The Labute approximate surface area is 103 Å². The van der Waals surface area contributed by atoms with Gasteiger partial charge < -0.3 is 9.84 Å². The maximum atomic E-state index is 12.7. The van der Waals surface area contributed by atoms with Gasteiger partial charge in [-0.2, -0.15) is 0 Å². The van der Waals surface area contributed by atoms with Crippen LogP contribution in [0.1, 0.15) is 15.9 Å². The van der Waals surface area contributed by atoms with Crippen LogP contribution in [0.2, 0.25) is 0 Å². The molecule has 2 rings (SSSR count). The fraction of sp³-hybridized carbons (Fsp3) is 0.0769. The Bertz CT molecular complexity index is 554. The number of carbonyl (C=O) groups is 1. The molecule has 0 fully saturated rings. The largest absolute Gasteiger partial charge is 0.486 e. The van der Waals surface area contributed by atoms with Gasteiger partial charge in [-0.15, -0.1) is 0 Å². The number of aromatic carboxylic acids is 1. The molecule has 1 heterocycles. The number of carboxylic acids is 1. The highest BCUT2D eigenvalue weighted by atomic mass is 19.1. The average Bonchev–Trinajstić information content (AvgIpc) is 2.38. The molecule has 0 spiro atoms. The quantitative estimate of drug-likeness (QED) is 0.901. The standard InChI is InChI=1S/C13H10FNO3/c14-10-3-1-9(2-4-10)8-18-12-7-15-6-5-11(12)13(16)17/h1-7H,8H2,(H,16,17). The van der Waals surface area contributed by atoms with Crippen LogP contribution in [0.4, 0.5) is 4.39 Å². The summed E-state index contributed by atoms with van der Waals surface area (Å²) in [6.07, 6.45) is 2.72. The zero-order valence-corrected chi connectivity index (χ0v) is 9.34. The van der Waals surface area contributed by atoms with Crippen LogP contribution in [0, 0.1) is 5.82 Å². The van der Waals surface area contributed by atoms with E-state index in [1.165, 1.54) is 30.6 Å². The first kappa shape index (κ1) is 12.0.